The van der Waals surface area contributed by atoms with Crippen LogP contribution < -0.4 is 0 Å². The highest BCUT2D eigenvalue weighted by atomic mass is 16.4. The molecule has 1 saturated heterocycles. The van der Waals surface area contributed by atoms with Crippen LogP contribution in [0.15, 0.2) is 24.3 Å². The molecule has 5 heteroatoms. The number of hydrogen-bond donors (Lipinski definition) is 1. The molecule has 0 saturated carbocycles. The summed E-state index contributed by atoms with van der Waals surface area (Å²) in [6, 6.07) is 7.80. The van der Waals surface area contributed by atoms with Crippen LogP contribution in [0.3, 0.4) is 0 Å². The molecule has 0 bridgehead atoms. The molecule has 1 aliphatic rings. The lowest BCUT2D eigenvalue weighted by atomic mass is 9.90. The average Bonchev–Trinajstić information content (AvgIpc) is 2.52. The molecule has 1 aromatic carbocycles. The molecular weight excluding hydrogens is 280 g/mol. The van der Waals surface area contributed by atoms with Crippen molar-refractivity contribution in [3.63, 3.8) is 0 Å². The molecule has 0 unspecified atom stereocenters. The monoisotopic (exact) mass is 304 g/mol. The topological polar surface area (TPSA) is 60.9 Å². The summed E-state index contributed by atoms with van der Waals surface area (Å²) < 4.78 is 0. The van der Waals surface area contributed by atoms with Crippen molar-refractivity contribution in [2.45, 2.75) is 25.7 Å². The second-order valence-corrected chi connectivity index (χ2v) is 6.15. The van der Waals surface area contributed by atoms with Crippen LogP contribution >= 0.6 is 0 Å². The summed E-state index contributed by atoms with van der Waals surface area (Å²) in [6.45, 7) is 1.28. The van der Waals surface area contributed by atoms with Gasteiger partial charge in [-0.1, -0.05) is 12.1 Å². The van der Waals surface area contributed by atoms with Crippen molar-refractivity contribution in [2.75, 3.05) is 27.2 Å². The fourth-order valence-corrected chi connectivity index (χ4v) is 2.90. The van der Waals surface area contributed by atoms with Gasteiger partial charge in [-0.2, -0.15) is 0 Å². The van der Waals surface area contributed by atoms with Gasteiger partial charge in [0, 0.05) is 32.7 Å². The van der Waals surface area contributed by atoms with Crippen molar-refractivity contribution in [1.29, 1.82) is 0 Å². The van der Waals surface area contributed by atoms with Crippen LogP contribution in [0, 0.1) is 5.92 Å². The Morgan fingerprint density at radius 1 is 1.27 bits per heavy atom. The molecule has 0 atom stereocenters. The van der Waals surface area contributed by atoms with Crippen LogP contribution in [-0.4, -0.2) is 54.1 Å². The number of piperidine rings is 1. The van der Waals surface area contributed by atoms with Crippen molar-refractivity contribution < 1.29 is 14.7 Å². The maximum atomic E-state index is 12.0. The number of benzene rings is 1. The zero-order chi connectivity index (χ0) is 16.1. The van der Waals surface area contributed by atoms with Crippen LogP contribution in [0.4, 0.5) is 4.79 Å². The van der Waals surface area contributed by atoms with Crippen LogP contribution in [-0.2, 0) is 6.42 Å². The molecule has 1 heterocycles. The molecule has 1 aliphatic heterocycles. The van der Waals surface area contributed by atoms with E-state index in [0.29, 0.717) is 19.0 Å². The van der Waals surface area contributed by atoms with E-state index in [0.717, 1.165) is 31.2 Å². The number of nitrogens with zero attached hydrogens (tertiary/aromatic N) is 2. The quantitative estimate of drug-likeness (QED) is 0.930. The van der Waals surface area contributed by atoms with E-state index in [1.807, 2.05) is 18.2 Å². The Labute approximate surface area is 131 Å². The first-order valence-corrected chi connectivity index (χ1v) is 7.76. The Morgan fingerprint density at radius 2 is 1.95 bits per heavy atom. The van der Waals surface area contributed by atoms with Crippen molar-refractivity contribution >= 4 is 12.0 Å². The summed E-state index contributed by atoms with van der Waals surface area (Å²) in [7, 11) is 3.51. The highest BCUT2D eigenvalue weighted by molar-refractivity contribution is 5.94. The summed E-state index contributed by atoms with van der Waals surface area (Å²) in [4.78, 5) is 25.9. The van der Waals surface area contributed by atoms with E-state index in [1.54, 1.807) is 19.0 Å². The lowest BCUT2D eigenvalue weighted by molar-refractivity contribution is 0.0827. The third-order valence-corrected chi connectivity index (χ3v) is 4.31. The number of rotatable bonds is 4. The Morgan fingerprint density at radius 3 is 2.55 bits per heavy atom. The molecule has 1 fully saturated rings. The number of aryl methyl sites for hydroxylation is 1. The van der Waals surface area contributed by atoms with Gasteiger partial charge in [-0.3, -0.25) is 4.79 Å². The minimum absolute atomic E-state index is 0.0246. The molecule has 1 N–H and O–H groups in total. The minimum atomic E-state index is -0.812. The Kier molecular flexibility index (Phi) is 5.41. The van der Waals surface area contributed by atoms with Gasteiger partial charge >= 0.3 is 6.09 Å². The first-order chi connectivity index (χ1) is 10.5. The maximum Gasteiger partial charge on any atom is 0.407 e. The predicted molar refractivity (Wildman–Crippen MR) is 85.1 cm³/mol. The van der Waals surface area contributed by atoms with Gasteiger partial charge < -0.3 is 14.9 Å². The molecule has 2 amide bonds. The number of hydrogen-bond acceptors (Lipinski definition) is 2. The van der Waals surface area contributed by atoms with Crippen LogP contribution in [0.2, 0.25) is 0 Å². The smallest absolute Gasteiger partial charge is 0.407 e. The molecule has 5 nitrogen and oxygen atoms in total. The second-order valence-electron chi connectivity index (χ2n) is 6.15. The third kappa shape index (κ3) is 4.23. The molecular formula is C17H24N2O3. The van der Waals surface area contributed by atoms with E-state index in [-0.39, 0.29) is 5.91 Å². The van der Waals surface area contributed by atoms with E-state index in [9.17, 15) is 9.59 Å². The highest BCUT2D eigenvalue weighted by Crippen LogP contribution is 2.22. The summed E-state index contributed by atoms with van der Waals surface area (Å²) >= 11 is 0. The number of carbonyl (C=O) groups excluding carboxylic acids is 1. The minimum Gasteiger partial charge on any atom is -0.465 e. The SMILES string of the molecule is CN(C)C(=O)c1cccc(CCC2CCN(C(=O)O)CC2)c1. The molecule has 0 aliphatic carbocycles. The zero-order valence-corrected chi connectivity index (χ0v) is 13.3. The summed E-state index contributed by atoms with van der Waals surface area (Å²) in [5.41, 5.74) is 1.90. The largest absolute Gasteiger partial charge is 0.465 e. The van der Waals surface area contributed by atoms with Crippen molar-refractivity contribution in [1.82, 2.24) is 9.80 Å². The molecule has 1 aromatic rings. The Hall–Kier alpha value is -2.04. The number of likely N-dealkylation sites (tertiary alicyclic amines) is 1. The molecule has 120 valence electrons. The van der Waals surface area contributed by atoms with Gasteiger partial charge in [0.1, 0.15) is 0 Å². The van der Waals surface area contributed by atoms with Gasteiger partial charge in [0.05, 0.1) is 0 Å². The lowest BCUT2D eigenvalue weighted by Gasteiger charge is -2.30. The van der Waals surface area contributed by atoms with E-state index in [1.165, 1.54) is 10.5 Å². The van der Waals surface area contributed by atoms with E-state index >= 15 is 0 Å². The van der Waals surface area contributed by atoms with Crippen molar-refractivity contribution in [2.24, 2.45) is 5.92 Å². The summed E-state index contributed by atoms with van der Waals surface area (Å²) in [5.74, 6) is 0.598. The van der Waals surface area contributed by atoms with Gasteiger partial charge in [-0.25, -0.2) is 4.79 Å². The van der Waals surface area contributed by atoms with Crippen LogP contribution in [0.1, 0.15) is 35.2 Å². The second kappa shape index (κ2) is 7.29. The van der Waals surface area contributed by atoms with Gasteiger partial charge in [-0.05, 0) is 49.3 Å². The number of carbonyl (C=O) groups is 2. The molecule has 0 spiro atoms. The third-order valence-electron chi connectivity index (χ3n) is 4.31. The van der Waals surface area contributed by atoms with E-state index in [2.05, 4.69) is 6.07 Å². The first-order valence-electron chi connectivity index (χ1n) is 7.76. The van der Waals surface area contributed by atoms with Gasteiger partial charge in [-0.15, -0.1) is 0 Å². The first kappa shape index (κ1) is 16.3. The summed E-state index contributed by atoms with van der Waals surface area (Å²) in [6.07, 6.45) is 3.04. The van der Waals surface area contributed by atoms with E-state index in [4.69, 9.17) is 5.11 Å². The van der Waals surface area contributed by atoms with Gasteiger partial charge in [0.2, 0.25) is 0 Å². The van der Waals surface area contributed by atoms with Crippen molar-refractivity contribution in [3.05, 3.63) is 35.4 Å². The van der Waals surface area contributed by atoms with Crippen LogP contribution in [0.5, 0.6) is 0 Å². The maximum absolute atomic E-state index is 12.0. The van der Waals surface area contributed by atoms with E-state index < -0.39 is 6.09 Å². The Balaban J connectivity index is 1.86. The number of carboxylic acid groups (broad SMARTS) is 1. The number of amides is 2. The van der Waals surface area contributed by atoms with Gasteiger partial charge in [0.25, 0.3) is 5.91 Å². The highest BCUT2D eigenvalue weighted by Gasteiger charge is 2.22. The average molecular weight is 304 g/mol. The summed E-state index contributed by atoms with van der Waals surface area (Å²) in [5, 5.41) is 8.95. The lowest BCUT2D eigenvalue weighted by Crippen LogP contribution is -2.37. The van der Waals surface area contributed by atoms with Gasteiger partial charge in [0.15, 0.2) is 0 Å². The zero-order valence-electron chi connectivity index (χ0n) is 13.3. The standard InChI is InChI=1S/C17H24N2O3/c1-18(2)16(20)15-5-3-4-14(12-15)7-6-13-8-10-19(11-9-13)17(21)22/h3-5,12-13H,6-11H2,1-2H3,(H,21,22). The Bertz CT molecular complexity index is 534. The predicted octanol–water partition coefficient (Wildman–Crippen LogP) is 2.71. The fourth-order valence-electron chi connectivity index (χ4n) is 2.90. The molecule has 0 radical (unpaired) electrons. The molecule has 2 rings (SSSR count). The van der Waals surface area contributed by atoms with Crippen molar-refractivity contribution in [3.8, 4) is 0 Å². The molecule has 0 aromatic heterocycles. The fraction of sp³-hybridized carbons (Fsp3) is 0.529. The molecule has 22 heavy (non-hydrogen) atoms. The normalized spacial score (nSPS) is 15.6. The van der Waals surface area contributed by atoms with Crippen LogP contribution in [0.25, 0.3) is 0 Å².